The molecule has 10 heteroatoms. The van der Waals surface area contributed by atoms with E-state index >= 15 is 0 Å². The van der Waals surface area contributed by atoms with Crippen molar-refractivity contribution < 1.29 is 27.4 Å². The van der Waals surface area contributed by atoms with Crippen LogP contribution in [0.4, 0.5) is 10.5 Å². The van der Waals surface area contributed by atoms with E-state index in [1.165, 1.54) is 0 Å². The van der Waals surface area contributed by atoms with Gasteiger partial charge >= 0.3 is 6.09 Å². The van der Waals surface area contributed by atoms with E-state index in [9.17, 15) is 13.2 Å². The molecule has 1 amide bonds. The molecule has 1 aliphatic heterocycles. The number of hydrogen-bond acceptors (Lipinski definition) is 7. The third-order valence-corrected chi connectivity index (χ3v) is 7.73. The standard InChI is InChI=1S/C21H29N3O6S/c1-21(6-7-21)30-20(25)23-16-12-17-15(13-18(16)29-9-8-28-3)22-19(24(17)2)14-4-10-31(26,27)11-5-14/h12-14H,4-11H2,1-3H3,(H,23,25). The number of aromatic nitrogens is 2. The van der Waals surface area contributed by atoms with E-state index < -0.39 is 15.9 Å². The van der Waals surface area contributed by atoms with Crippen LogP contribution in [-0.2, 0) is 26.4 Å². The number of carbonyl (C=O) groups is 1. The molecule has 2 fully saturated rings. The van der Waals surface area contributed by atoms with Gasteiger partial charge in [0.1, 0.15) is 33.6 Å². The smallest absolute Gasteiger partial charge is 0.412 e. The lowest BCUT2D eigenvalue weighted by atomic mass is 10.0. The maximum Gasteiger partial charge on any atom is 0.412 e. The van der Waals surface area contributed by atoms with Crippen LogP contribution < -0.4 is 10.1 Å². The highest BCUT2D eigenvalue weighted by Gasteiger charge is 2.41. The van der Waals surface area contributed by atoms with Gasteiger partial charge in [0.2, 0.25) is 0 Å². The highest BCUT2D eigenvalue weighted by molar-refractivity contribution is 7.91. The maximum absolute atomic E-state index is 12.4. The Morgan fingerprint density at radius 2 is 1.97 bits per heavy atom. The molecule has 0 radical (unpaired) electrons. The first-order valence-corrected chi connectivity index (χ1v) is 12.3. The summed E-state index contributed by atoms with van der Waals surface area (Å²) in [6, 6.07) is 3.62. The summed E-state index contributed by atoms with van der Waals surface area (Å²) in [5, 5.41) is 2.81. The second-order valence-electron chi connectivity index (χ2n) is 8.60. The number of nitrogens with zero attached hydrogens (tertiary/aromatic N) is 2. The van der Waals surface area contributed by atoms with Gasteiger partial charge < -0.3 is 18.8 Å². The predicted octanol–water partition coefficient (Wildman–Crippen LogP) is 2.99. The third-order valence-electron chi connectivity index (χ3n) is 6.01. The largest absolute Gasteiger partial charge is 0.489 e. The molecule has 2 heterocycles. The van der Waals surface area contributed by atoms with E-state index in [2.05, 4.69) is 5.32 Å². The number of ether oxygens (including phenoxy) is 3. The van der Waals surface area contributed by atoms with Gasteiger partial charge in [-0.3, -0.25) is 5.32 Å². The van der Waals surface area contributed by atoms with E-state index in [0.717, 1.165) is 29.7 Å². The Morgan fingerprint density at radius 3 is 2.61 bits per heavy atom. The summed E-state index contributed by atoms with van der Waals surface area (Å²) in [6.45, 7) is 2.64. The Labute approximate surface area is 182 Å². The van der Waals surface area contributed by atoms with Crippen LogP contribution in [0, 0.1) is 0 Å². The summed E-state index contributed by atoms with van der Waals surface area (Å²) in [4.78, 5) is 17.2. The summed E-state index contributed by atoms with van der Waals surface area (Å²) in [6.07, 6.45) is 2.33. The average Bonchev–Trinajstić information content (AvgIpc) is 3.34. The molecule has 0 spiro atoms. The van der Waals surface area contributed by atoms with Crippen molar-refractivity contribution in [3.8, 4) is 5.75 Å². The summed E-state index contributed by atoms with van der Waals surface area (Å²) < 4.78 is 41.9. The van der Waals surface area contributed by atoms with Crippen molar-refractivity contribution >= 4 is 32.7 Å². The van der Waals surface area contributed by atoms with Gasteiger partial charge in [-0.2, -0.15) is 0 Å². The van der Waals surface area contributed by atoms with E-state index in [-0.39, 0.29) is 23.0 Å². The molecule has 2 aliphatic rings. The lowest BCUT2D eigenvalue weighted by Gasteiger charge is -2.21. The second-order valence-corrected chi connectivity index (χ2v) is 10.9. The molecular weight excluding hydrogens is 422 g/mol. The molecule has 31 heavy (non-hydrogen) atoms. The quantitative estimate of drug-likeness (QED) is 0.645. The number of fused-ring (bicyclic) bond motifs is 1. The fourth-order valence-electron chi connectivity index (χ4n) is 3.84. The number of benzene rings is 1. The number of aryl methyl sites for hydroxylation is 1. The Morgan fingerprint density at radius 1 is 1.26 bits per heavy atom. The van der Waals surface area contributed by atoms with Crippen molar-refractivity contribution in [1.82, 2.24) is 9.55 Å². The number of anilines is 1. The molecule has 0 bridgehead atoms. The van der Waals surface area contributed by atoms with Gasteiger partial charge in [-0.1, -0.05) is 0 Å². The van der Waals surface area contributed by atoms with Crippen molar-refractivity contribution in [1.29, 1.82) is 0 Å². The summed E-state index contributed by atoms with van der Waals surface area (Å²) in [5.74, 6) is 1.78. The molecule has 9 nitrogen and oxygen atoms in total. The number of imidazole rings is 1. The van der Waals surface area contributed by atoms with Crippen LogP contribution in [0.3, 0.4) is 0 Å². The first kappa shape index (κ1) is 21.9. The maximum atomic E-state index is 12.4. The first-order valence-electron chi connectivity index (χ1n) is 10.5. The Kier molecular flexibility index (Phi) is 5.87. The highest BCUT2D eigenvalue weighted by Crippen LogP contribution is 2.40. The van der Waals surface area contributed by atoms with Crippen LogP contribution in [0.15, 0.2) is 12.1 Å². The van der Waals surface area contributed by atoms with Crippen LogP contribution >= 0.6 is 0 Å². The lowest BCUT2D eigenvalue weighted by molar-refractivity contribution is 0.106. The number of sulfone groups is 1. The van der Waals surface area contributed by atoms with Crippen LogP contribution in [0.1, 0.15) is 44.3 Å². The average molecular weight is 452 g/mol. The molecule has 1 saturated heterocycles. The summed E-state index contributed by atoms with van der Waals surface area (Å²) >= 11 is 0. The van der Waals surface area contributed by atoms with Crippen molar-refractivity contribution in [2.24, 2.45) is 7.05 Å². The number of rotatable bonds is 7. The van der Waals surface area contributed by atoms with Crippen molar-refractivity contribution in [3.63, 3.8) is 0 Å². The van der Waals surface area contributed by atoms with Crippen LogP contribution in [0.5, 0.6) is 5.75 Å². The molecule has 1 aliphatic carbocycles. The minimum atomic E-state index is -2.95. The van der Waals surface area contributed by atoms with Crippen LogP contribution in [-0.4, -0.2) is 61.5 Å². The molecule has 4 rings (SSSR count). The SMILES string of the molecule is COCCOc1cc2nc(C3CCS(=O)(=O)CC3)n(C)c2cc1NC(=O)OC1(C)CC1. The number of carbonyl (C=O) groups excluding carboxylic acids is 1. The van der Waals surface area contributed by atoms with Gasteiger partial charge in [-0.05, 0) is 38.7 Å². The number of methoxy groups -OCH3 is 1. The number of amides is 1. The molecule has 2 aromatic rings. The Hall–Kier alpha value is -2.33. The van der Waals surface area contributed by atoms with Gasteiger partial charge in [-0.15, -0.1) is 0 Å². The first-order chi connectivity index (χ1) is 14.7. The zero-order valence-corrected chi connectivity index (χ0v) is 19.0. The molecule has 0 unspecified atom stereocenters. The van der Waals surface area contributed by atoms with Gasteiger partial charge in [0.15, 0.2) is 0 Å². The molecule has 1 aromatic carbocycles. The molecule has 170 valence electrons. The molecule has 1 N–H and O–H groups in total. The fourth-order valence-corrected chi connectivity index (χ4v) is 5.33. The van der Waals surface area contributed by atoms with Crippen molar-refractivity contribution in [3.05, 3.63) is 18.0 Å². The van der Waals surface area contributed by atoms with Crippen LogP contribution in [0.25, 0.3) is 11.0 Å². The third kappa shape index (κ3) is 4.95. The van der Waals surface area contributed by atoms with Gasteiger partial charge in [0.25, 0.3) is 0 Å². The van der Waals surface area contributed by atoms with Gasteiger partial charge in [0, 0.05) is 26.1 Å². The van der Waals surface area contributed by atoms with Gasteiger partial charge in [0.05, 0.1) is 34.8 Å². The van der Waals surface area contributed by atoms with Crippen molar-refractivity contribution in [2.75, 3.05) is 37.1 Å². The van der Waals surface area contributed by atoms with E-state index in [0.29, 0.717) is 37.5 Å². The minimum Gasteiger partial charge on any atom is -0.489 e. The lowest BCUT2D eigenvalue weighted by Crippen LogP contribution is -2.23. The topological polar surface area (TPSA) is 109 Å². The minimum absolute atomic E-state index is 0.0787. The van der Waals surface area contributed by atoms with Gasteiger partial charge in [-0.25, -0.2) is 18.2 Å². The summed E-state index contributed by atoms with van der Waals surface area (Å²) in [5.41, 5.74) is 1.67. The highest BCUT2D eigenvalue weighted by atomic mass is 32.2. The predicted molar refractivity (Wildman–Crippen MR) is 116 cm³/mol. The number of nitrogens with one attached hydrogen (secondary N) is 1. The Balaban J connectivity index is 1.63. The fraction of sp³-hybridized carbons (Fsp3) is 0.619. The second kappa shape index (κ2) is 8.31. The molecule has 1 aromatic heterocycles. The normalized spacial score (nSPS) is 19.8. The molecular formula is C21H29N3O6S. The molecule has 0 atom stereocenters. The summed E-state index contributed by atoms with van der Waals surface area (Å²) in [7, 11) is 0.555. The zero-order valence-electron chi connectivity index (χ0n) is 18.1. The zero-order chi connectivity index (χ0) is 22.2. The number of hydrogen-bond donors (Lipinski definition) is 1. The van der Waals surface area contributed by atoms with E-state index in [1.54, 1.807) is 13.2 Å². The van der Waals surface area contributed by atoms with E-state index in [4.69, 9.17) is 19.2 Å². The van der Waals surface area contributed by atoms with Crippen molar-refractivity contribution in [2.45, 2.75) is 44.1 Å². The monoisotopic (exact) mass is 451 g/mol. The Bertz CT molecular complexity index is 1080. The van der Waals surface area contributed by atoms with Crippen LogP contribution in [0.2, 0.25) is 0 Å². The van der Waals surface area contributed by atoms with E-state index in [1.807, 2.05) is 24.6 Å². The molecule has 1 saturated carbocycles.